The molecule has 1 aliphatic rings. The monoisotopic (exact) mass is 260 g/mol. The average Bonchev–Trinajstić information content (AvgIpc) is 2.78. The van der Waals surface area contributed by atoms with E-state index in [0.29, 0.717) is 11.9 Å². The molecule has 0 radical (unpaired) electrons. The second kappa shape index (κ2) is 5.96. The van der Waals surface area contributed by atoms with E-state index in [1.165, 1.54) is 0 Å². The van der Waals surface area contributed by atoms with Crippen molar-refractivity contribution in [3.8, 4) is 0 Å². The van der Waals surface area contributed by atoms with E-state index in [1.807, 2.05) is 5.38 Å². The molecule has 0 aromatic carbocycles. The van der Waals surface area contributed by atoms with Crippen LogP contribution in [0.15, 0.2) is 5.38 Å². The number of thiazole rings is 1. The van der Waals surface area contributed by atoms with E-state index in [-0.39, 0.29) is 0 Å². The van der Waals surface area contributed by atoms with Gasteiger partial charge in [-0.25, -0.2) is 4.98 Å². The molecule has 0 atom stereocenters. The maximum absolute atomic E-state index is 5.74. The molecule has 1 aromatic rings. The highest BCUT2D eigenvalue weighted by molar-refractivity contribution is 7.09. The van der Waals surface area contributed by atoms with Crippen molar-refractivity contribution in [3.05, 3.63) is 16.1 Å². The molecule has 0 bridgehead atoms. The fourth-order valence-electron chi connectivity index (χ4n) is 1.95. The Morgan fingerprint density at radius 3 is 2.94 bits per heavy atom. The minimum atomic E-state index is 0.511. The van der Waals surface area contributed by atoms with Crippen molar-refractivity contribution >= 4 is 22.9 Å². The van der Waals surface area contributed by atoms with Gasteiger partial charge in [0, 0.05) is 24.6 Å². The first-order valence-electron chi connectivity index (χ1n) is 5.57. The third kappa shape index (κ3) is 3.17. The van der Waals surface area contributed by atoms with Crippen LogP contribution in [0.4, 0.5) is 0 Å². The lowest BCUT2D eigenvalue weighted by Gasteiger charge is -2.30. The molecule has 0 unspecified atom stereocenters. The summed E-state index contributed by atoms with van der Waals surface area (Å²) in [4.78, 5) is 6.85. The summed E-state index contributed by atoms with van der Waals surface area (Å²) < 4.78 is 5.36. The Balaban J connectivity index is 1.87. The molecule has 0 saturated carbocycles. The smallest absolute Gasteiger partial charge is 0.107 e. The third-order valence-corrected chi connectivity index (χ3v) is 4.09. The summed E-state index contributed by atoms with van der Waals surface area (Å²) in [6.45, 7) is 2.70. The van der Waals surface area contributed by atoms with Crippen LogP contribution in [0.2, 0.25) is 0 Å². The number of hydrogen-bond donors (Lipinski definition) is 0. The van der Waals surface area contributed by atoms with E-state index in [9.17, 15) is 0 Å². The van der Waals surface area contributed by atoms with Crippen LogP contribution in [0.25, 0.3) is 0 Å². The molecular formula is C11H17ClN2OS. The van der Waals surface area contributed by atoms with E-state index in [1.54, 1.807) is 11.3 Å². The summed E-state index contributed by atoms with van der Waals surface area (Å²) in [6.07, 6.45) is 2.26. The van der Waals surface area contributed by atoms with Gasteiger partial charge in [-0.05, 0) is 19.9 Å². The zero-order chi connectivity index (χ0) is 11.4. The lowest BCUT2D eigenvalue weighted by atomic mass is 10.1. The number of hydrogen-bond acceptors (Lipinski definition) is 4. The van der Waals surface area contributed by atoms with Gasteiger partial charge in [0.2, 0.25) is 0 Å². The number of halogens is 1. The van der Waals surface area contributed by atoms with E-state index < -0.39 is 0 Å². The van der Waals surface area contributed by atoms with Crippen LogP contribution in [0.3, 0.4) is 0 Å². The molecule has 90 valence electrons. The molecule has 0 spiro atoms. The molecule has 5 heteroatoms. The first kappa shape index (κ1) is 12.3. The van der Waals surface area contributed by atoms with E-state index in [2.05, 4.69) is 16.9 Å². The topological polar surface area (TPSA) is 25.4 Å². The van der Waals surface area contributed by atoms with Crippen LogP contribution in [-0.2, 0) is 17.2 Å². The Hall–Kier alpha value is -0.160. The minimum absolute atomic E-state index is 0.511. The number of nitrogens with zero attached hydrogens (tertiary/aromatic N) is 2. The lowest BCUT2D eigenvalue weighted by molar-refractivity contribution is 0.0406. The second-order valence-corrected chi connectivity index (χ2v) is 5.33. The van der Waals surface area contributed by atoms with Crippen molar-refractivity contribution in [1.82, 2.24) is 9.88 Å². The predicted molar refractivity (Wildman–Crippen MR) is 67.0 cm³/mol. The van der Waals surface area contributed by atoms with Crippen LogP contribution in [0.5, 0.6) is 0 Å². The Morgan fingerprint density at radius 1 is 1.56 bits per heavy atom. The van der Waals surface area contributed by atoms with Gasteiger partial charge in [-0.3, -0.25) is 4.90 Å². The zero-order valence-electron chi connectivity index (χ0n) is 9.49. The second-order valence-electron chi connectivity index (χ2n) is 4.12. The van der Waals surface area contributed by atoms with Crippen LogP contribution in [0.1, 0.15) is 23.5 Å². The molecule has 1 aromatic heterocycles. The first-order chi connectivity index (χ1) is 7.79. The number of alkyl halides is 1. The largest absolute Gasteiger partial charge is 0.381 e. The standard InChI is InChI=1S/C11H17ClN2OS/c1-14(10-2-4-15-5-3-10)7-11-13-9(6-12)8-16-11/h8,10H,2-7H2,1H3. The first-order valence-corrected chi connectivity index (χ1v) is 6.98. The van der Waals surface area contributed by atoms with E-state index in [0.717, 1.165) is 43.3 Å². The van der Waals surface area contributed by atoms with Gasteiger partial charge in [0.25, 0.3) is 0 Å². The van der Waals surface area contributed by atoms with E-state index in [4.69, 9.17) is 16.3 Å². The Labute approximate surface area is 105 Å². The van der Waals surface area contributed by atoms with Gasteiger partial charge in [-0.1, -0.05) is 0 Å². The van der Waals surface area contributed by atoms with Crippen LogP contribution >= 0.6 is 22.9 Å². The molecule has 16 heavy (non-hydrogen) atoms. The van der Waals surface area contributed by atoms with Crippen molar-refractivity contribution in [2.45, 2.75) is 31.3 Å². The molecule has 2 rings (SSSR count). The van der Waals surface area contributed by atoms with Crippen molar-refractivity contribution < 1.29 is 4.74 Å². The molecule has 0 aliphatic carbocycles. The molecular weight excluding hydrogens is 244 g/mol. The van der Waals surface area contributed by atoms with Gasteiger partial charge in [0.1, 0.15) is 5.01 Å². The lowest BCUT2D eigenvalue weighted by Crippen LogP contribution is -2.36. The van der Waals surface area contributed by atoms with Crippen molar-refractivity contribution in [3.63, 3.8) is 0 Å². The summed E-state index contributed by atoms with van der Waals surface area (Å²) in [5.41, 5.74) is 0.988. The highest BCUT2D eigenvalue weighted by Gasteiger charge is 2.19. The fraction of sp³-hybridized carbons (Fsp3) is 0.727. The van der Waals surface area contributed by atoms with Crippen molar-refractivity contribution in [1.29, 1.82) is 0 Å². The molecule has 0 amide bonds. The number of aromatic nitrogens is 1. The highest BCUT2D eigenvalue weighted by atomic mass is 35.5. The summed E-state index contributed by atoms with van der Waals surface area (Å²) in [5, 5.41) is 3.20. The Bertz CT molecular complexity index is 326. The minimum Gasteiger partial charge on any atom is -0.381 e. The van der Waals surface area contributed by atoms with E-state index >= 15 is 0 Å². The quantitative estimate of drug-likeness (QED) is 0.778. The molecule has 1 saturated heterocycles. The van der Waals surface area contributed by atoms with Crippen molar-refractivity contribution in [2.75, 3.05) is 20.3 Å². The molecule has 1 fully saturated rings. The summed E-state index contributed by atoms with van der Waals surface area (Å²) in [7, 11) is 2.16. The molecule has 3 nitrogen and oxygen atoms in total. The van der Waals surface area contributed by atoms with Gasteiger partial charge in [-0.15, -0.1) is 22.9 Å². The normalized spacial score (nSPS) is 18.2. The third-order valence-electron chi connectivity index (χ3n) is 2.94. The maximum Gasteiger partial charge on any atom is 0.107 e. The average molecular weight is 261 g/mol. The summed E-state index contributed by atoms with van der Waals surface area (Å²) in [5.74, 6) is 0.511. The van der Waals surface area contributed by atoms with Crippen LogP contribution in [-0.4, -0.2) is 36.2 Å². The SMILES string of the molecule is CN(Cc1nc(CCl)cs1)C1CCOCC1. The fourth-order valence-corrected chi connectivity index (χ4v) is 3.04. The Morgan fingerprint density at radius 2 is 2.31 bits per heavy atom. The summed E-state index contributed by atoms with van der Waals surface area (Å²) >= 11 is 7.44. The Kier molecular flexibility index (Phi) is 4.58. The van der Waals surface area contributed by atoms with Gasteiger partial charge in [0.15, 0.2) is 0 Å². The zero-order valence-corrected chi connectivity index (χ0v) is 11.1. The van der Waals surface area contributed by atoms with Crippen LogP contribution < -0.4 is 0 Å². The molecule has 2 heterocycles. The number of ether oxygens (including phenoxy) is 1. The molecule has 0 N–H and O–H groups in total. The number of rotatable bonds is 4. The predicted octanol–water partition coefficient (Wildman–Crippen LogP) is 2.49. The highest BCUT2D eigenvalue weighted by Crippen LogP contribution is 2.18. The van der Waals surface area contributed by atoms with Crippen molar-refractivity contribution in [2.24, 2.45) is 0 Å². The molecule has 1 aliphatic heterocycles. The van der Waals surface area contributed by atoms with Gasteiger partial charge < -0.3 is 4.74 Å². The van der Waals surface area contributed by atoms with Gasteiger partial charge >= 0.3 is 0 Å². The van der Waals surface area contributed by atoms with Gasteiger partial charge in [-0.2, -0.15) is 0 Å². The van der Waals surface area contributed by atoms with Gasteiger partial charge in [0.05, 0.1) is 18.1 Å². The van der Waals surface area contributed by atoms with Crippen LogP contribution in [0, 0.1) is 0 Å². The maximum atomic E-state index is 5.74. The summed E-state index contributed by atoms with van der Waals surface area (Å²) in [6, 6.07) is 0.636.